The van der Waals surface area contributed by atoms with Crippen LogP contribution >= 0.6 is 11.3 Å². The number of piperazine rings is 1. The predicted molar refractivity (Wildman–Crippen MR) is 91.8 cm³/mol. The van der Waals surface area contributed by atoms with E-state index in [1.54, 1.807) is 0 Å². The third-order valence-electron chi connectivity index (χ3n) is 3.95. The summed E-state index contributed by atoms with van der Waals surface area (Å²) in [6.07, 6.45) is 0. The highest BCUT2D eigenvalue weighted by molar-refractivity contribution is 7.14. The van der Waals surface area contributed by atoms with Gasteiger partial charge in [-0.1, -0.05) is 20.8 Å². The van der Waals surface area contributed by atoms with Gasteiger partial charge in [0.1, 0.15) is 4.88 Å². The van der Waals surface area contributed by atoms with E-state index in [2.05, 4.69) is 47.9 Å². The molecule has 1 amide bonds. The maximum Gasteiger partial charge on any atom is 0.263 e. The van der Waals surface area contributed by atoms with Crippen molar-refractivity contribution in [2.45, 2.75) is 33.1 Å². The highest BCUT2D eigenvalue weighted by Crippen LogP contribution is 2.29. The Morgan fingerprint density at radius 2 is 1.91 bits per heavy atom. The molecule has 1 aliphatic rings. The van der Waals surface area contributed by atoms with E-state index in [0.29, 0.717) is 6.54 Å². The molecule has 124 valence electrons. The molecule has 1 N–H and O–H groups in total. The van der Waals surface area contributed by atoms with Crippen molar-refractivity contribution in [3.8, 4) is 0 Å². The van der Waals surface area contributed by atoms with E-state index in [4.69, 9.17) is 0 Å². The normalized spacial score (nSPS) is 17.7. The fraction of sp³-hybridized carbons (Fsp3) is 0.750. The molecule has 0 aromatic carbocycles. The van der Waals surface area contributed by atoms with E-state index in [9.17, 15) is 4.79 Å². The Hall–Kier alpha value is -0.980. The molecule has 0 atom stereocenters. The molecule has 1 aromatic heterocycles. The molecule has 22 heavy (non-hydrogen) atoms. The first kappa shape index (κ1) is 17.4. The van der Waals surface area contributed by atoms with E-state index >= 15 is 0 Å². The zero-order valence-corrected chi connectivity index (χ0v) is 15.2. The quantitative estimate of drug-likeness (QED) is 0.916. The average molecular weight is 324 g/mol. The van der Waals surface area contributed by atoms with Gasteiger partial charge in [0.25, 0.3) is 5.91 Å². The predicted octanol–water partition coefficient (Wildman–Crippen LogP) is 1.73. The molecule has 0 spiro atoms. The molecule has 1 fully saturated rings. The molecule has 1 saturated heterocycles. The van der Waals surface area contributed by atoms with Gasteiger partial charge >= 0.3 is 0 Å². The third-order valence-corrected chi connectivity index (χ3v) is 5.54. The number of amides is 1. The lowest BCUT2D eigenvalue weighted by molar-refractivity contribution is 0.0944. The number of aromatic nitrogens is 1. The van der Waals surface area contributed by atoms with Crippen molar-refractivity contribution in [1.82, 2.24) is 20.1 Å². The lowest BCUT2D eigenvalue weighted by atomic mass is 9.98. The number of nitrogens with zero attached hydrogens (tertiary/aromatic N) is 3. The number of carbonyl (C=O) groups excluding carboxylic acids is 1. The minimum Gasteiger partial charge on any atom is -0.350 e. The number of aryl methyl sites for hydroxylation is 1. The van der Waals surface area contributed by atoms with Crippen LogP contribution in [0.1, 0.15) is 41.1 Å². The summed E-state index contributed by atoms with van der Waals surface area (Å²) in [6, 6.07) is 0. The monoisotopic (exact) mass is 324 g/mol. The van der Waals surface area contributed by atoms with Crippen LogP contribution in [-0.4, -0.2) is 67.0 Å². The summed E-state index contributed by atoms with van der Waals surface area (Å²) in [5.41, 5.74) is 0.834. The topological polar surface area (TPSA) is 48.5 Å². The minimum absolute atomic E-state index is 0.00617. The summed E-state index contributed by atoms with van der Waals surface area (Å²) in [5.74, 6) is 0.0135. The third kappa shape index (κ3) is 4.51. The lowest BCUT2D eigenvalue weighted by Crippen LogP contribution is -2.46. The van der Waals surface area contributed by atoms with Gasteiger partial charge in [0, 0.05) is 44.7 Å². The van der Waals surface area contributed by atoms with Crippen LogP contribution in [0, 0.1) is 6.92 Å². The molecule has 0 aliphatic carbocycles. The minimum atomic E-state index is -0.00617. The Kier molecular flexibility index (Phi) is 5.58. The average Bonchev–Trinajstić information content (AvgIpc) is 2.83. The molecular weight excluding hydrogens is 296 g/mol. The molecule has 2 rings (SSSR count). The first-order chi connectivity index (χ1) is 10.3. The number of hydrogen-bond acceptors (Lipinski definition) is 5. The molecule has 1 aromatic rings. The summed E-state index contributed by atoms with van der Waals surface area (Å²) >= 11 is 1.52. The van der Waals surface area contributed by atoms with Gasteiger partial charge < -0.3 is 10.2 Å². The van der Waals surface area contributed by atoms with Gasteiger partial charge in [-0.25, -0.2) is 4.98 Å². The van der Waals surface area contributed by atoms with E-state index in [-0.39, 0.29) is 11.3 Å². The van der Waals surface area contributed by atoms with Crippen molar-refractivity contribution in [3.05, 3.63) is 15.6 Å². The fourth-order valence-electron chi connectivity index (χ4n) is 2.41. The molecule has 0 saturated carbocycles. The fourth-order valence-corrected chi connectivity index (χ4v) is 3.45. The van der Waals surface area contributed by atoms with Crippen molar-refractivity contribution in [1.29, 1.82) is 0 Å². The van der Waals surface area contributed by atoms with Crippen LogP contribution < -0.4 is 5.32 Å². The van der Waals surface area contributed by atoms with E-state index in [1.807, 2.05) is 6.92 Å². The lowest BCUT2D eigenvalue weighted by Gasteiger charge is -2.32. The van der Waals surface area contributed by atoms with E-state index in [1.165, 1.54) is 11.3 Å². The Labute approximate surface area is 137 Å². The standard InChI is InChI=1S/C16H28N4OS/c1-12-13(22-15(18-12)16(2,3)4)14(21)17-6-7-20-10-8-19(5)9-11-20/h6-11H2,1-5H3,(H,17,21). The number of carbonyl (C=O) groups is 1. The smallest absolute Gasteiger partial charge is 0.263 e. The zero-order valence-electron chi connectivity index (χ0n) is 14.4. The number of nitrogens with one attached hydrogen (secondary N) is 1. The largest absolute Gasteiger partial charge is 0.350 e. The van der Waals surface area contributed by atoms with Crippen LogP contribution in [-0.2, 0) is 5.41 Å². The van der Waals surface area contributed by atoms with Crippen molar-refractivity contribution in [2.24, 2.45) is 0 Å². The molecule has 0 unspecified atom stereocenters. The second-order valence-corrected chi connectivity index (χ2v) is 8.08. The van der Waals surface area contributed by atoms with Gasteiger partial charge in [0.15, 0.2) is 0 Å². The van der Waals surface area contributed by atoms with Crippen molar-refractivity contribution < 1.29 is 4.79 Å². The van der Waals surface area contributed by atoms with Crippen LogP contribution in [0.2, 0.25) is 0 Å². The molecular formula is C16H28N4OS. The van der Waals surface area contributed by atoms with Gasteiger partial charge in [-0.2, -0.15) is 0 Å². The van der Waals surface area contributed by atoms with Gasteiger partial charge in [-0.3, -0.25) is 9.69 Å². The molecule has 5 nitrogen and oxygen atoms in total. The van der Waals surface area contributed by atoms with Crippen LogP contribution in [0.4, 0.5) is 0 Å². The van der Waals surface area contributed by atoms with Gasteiger partial charge in [0.05, 0.1) is 10.7 Å². The van der Waals surface area contributed by atoms with Crippen molar-refractivity contribution in [2.75, 3.05) is 46.3 Å². The van der Waals surface area contributed by atoms with Crippen LogP contribution in [0.25, 0.3) is 0 Å². The maximum absolute atomic E-state index is 12.3. The van der Waals surface area contributed by atoms with E-state index in [0.717, 1.165) is 48.3 Å². The van der Waals surface area contributed by atoms with Crippen molar-refractivity contribution in [3.63, 3.8) is 0 Å². The van der Waals surface area contributed by atoms with Crippen molar-refractivity contribution >= 4 is 17.2 Å². The molecule has 2 heterocycles. The highest BCUT2D eigenvalue weighted by atomic mass is 32.1. The number of likely N-dealkylation sites (N-methyl/N-ethyl adjacent to an activating group) is 1. The highest BCUT2D eigenvalue weighted by Gasteiger charge is 2.23. The van der Waals surface area contributed by atoms with Gasteiger partial charge in [-0.15, -0.1) is 11.3 Å². The summed E-state index contributed by atoms with van der Waals surface area (Å²) in [6.45, 7) is 14.3. The molecule has 0 radical (unpaired) electrons. The number of hydrogen-bond donors (Lipinski definition) is 1. The molecule has 6 heteroatoms. The maximum atomic E-state index is 12.3. The summed E-state index contributed by atoms with van der Waals surface area (Å²) < 4.78 is 0. The van der Waals surface area contributed by atoms with E-state index < -0.39 is 0 Å². The van der Waals surface area contributed by atoms with Gasteiger partial charge in [-0.05, 0) is 14.0 Å². The van der Waals surface area contributed by atoms with Crippen LogP contribution in [0.5, 0.6) is 0 Å². The Morgan fingerprint density at radius 3 is 2.45 bits per heavy atom. The van der Waals surface area contributed by atoms with Gasteiger partial charge in [0.2, 0.25) is 0 Å². The Morgan fingerprint density at radius 1 is 1.27 bits per heavy atom. The Bertz CT molecular complexity index is 513. The first-order valence-corrected chi connectivity index (χ1v) is 8.76. The summed E-state index contributed by atoms with van der Waals surface area (Å²) in [4.78, 5) is 22.4. The van der Waals surface area contributed by atoms with Crippen LogP contribution in [0.3, 0.4) is 0 Å². The second-order valence-electron chi connectivity index (χ2n) is 7.08. The number of thiazole rings is 1. The number of rotatable bonds is 4. The molecule has 0 bridgehead atoms. The zero-order chi connectivity index (χ0) is 16.3. The first-order valence-electron chi connectivity index (χ1n) is 7.94. The summed E-state index contributed by atoms with van der Waals surface area (Å²) in [5, 5.41) is 4.06. The Balaban J connectivity index is 1.84. The van der Waals surface area contributed by atoms with Crippen LogP contribution in [0.15, 0.2) is 0 Å². The summed E-state index contributed by atoms with van der Waals surface area (Å²) in [7, 11) is 2.15. The SMILES string of the molecule is Cc1nc(C(C)(C)C)sc1C(=O)NCCN1CCN(C)CC1. The molecule has 1 aliphatic heterocycles. The second kappa shape index (κ2) is 7.06.